The summed E-state index contributed by atoms with van der Waals surface area (Å²) in [6.45, 7) is 13.7. The van der Waals surface area contributed by atoms with Gasteiger partial charge in [0.05, 0.1) is 5.69 Å². The molecule has 0 aromatic carbocycles. The van der Waals surface area contributed by atoms with Crippen LogP contribution in [0.15, 0.2) is 60.0 Å². The van der Waals surface area contributed by atoms with Crippen molar-refractivity contribution in [2.75, 3.05) is 5.32 Å². The van der Waals surface area contributed by atoms with Crippen LogP contribution in [0.25, 0.3) is 11.3 Å². The Morgan fingerprint density at radius 3 is 2.32 bits per heavy atom. The van der Waals surface area contributed by atoms with Gasteiger partial charge < -0.3 is 11.2 Å². The van der Waals surface area contributed by atoms with Crippen molar-refractivity contribution in [2.45, 2.75) is 54.5 Å². The number of rotatable bonds is 5. The smallest absolute Gasteiger partial charge is 0.275 e. The summed E-state index contributed by atoms with van der Waals surface area (Å²) in [5, 5.41) is 7.90. The molecule has 0 bridgehead atoms. The third-order valence-electron chi connectivity index (χ3n) is 4.42. The van der Waals surface area contributed by atoms with E-state index < -0.39 is 5.91 Å². The molecule has 3 aromatic heterocycles. The van der Waals surface area contributed by atoms with Gasteiger partial charge in [-0.1, -0.05) is 39.8 Å². The Balaban J connectivity index is 0.00000137. The molecule has 0 unspecified atom stereocenters. The second-order valence-corrected chi connectivity index (χ2v) is 6.92. The van der Waals surface area contributed by atoms with Crippen LogP contribution in [-0.2, 0) is 0 Å². The molecule has 0 fully saturated rings. The summed E-state index contributed by atoms with van der Waals surface area (Å²) in [5.41, 5.74) is 3.23. The first-order chi connectivity index (χ1) is 16.4. The lowest BCUT2D eigenvalue weighted by atomic mass is 10.1. The van der Waals surface area contributed by atoms with Crippen LogP contribution in [0.3, 0.4) is 0 Å². The van der Waals surface area contributed by atoms with Gasteiger partial charge in [-0.05, 0) is 56.7 Å². The second-order valence-electron chi connectivity index (χ2n) is 6.92. The molecule has 0 aliphatic carbocycles. The van der Waals surface area contributed by atoms with Gasteiger partial charge in [0.2, 0.25) is 0 Å². The highest BCUT2D eigenvalue weighted by atomic mass is 16.1. The van der Waals surface area contributed by atoms with Gasteiger partial charge in [0.25, 0.3) is 5.91 Å². The van der Waals surface area contributed by atoms with Crippen molar-refractivity contribution in [2.24, 2.45) is 16.8 Å². The minimum absolute atomic E-state index is 0.0332. The number of hydrazine groups is 1. The van der Waals surface area contributed by atoms with Crippen molar-refractivity contribution < 1.29 is 4.79 Å². The lowest BCUT2D eigenvalue weighted by Gasteiger charge is -2.23. The van der Waals surface area contributed by atoms with E-state index in [1.807, 2.05) is 66.7 Å². The molecule has 3 heterocycles. The van der Waals surface area contributed by atoms with Crippen molar-refractivity contribution in [3.8, 4) is 11.3 Å². The molecule has 3 rings (SSSR count). The molecule has 0 spiro atoms. The molecule has 0 radical (unpaired) electrons. The van der Waals surface area contributed by atoms with Crippen molar-refractivity contribution in [3.05, 3.63) is 71.8 Å². The Morgan fingerprint density at radius 1 is 1.03 bits per heavy atom. The molecule has 0 aliphatic rings. The van der Waals surface area contributed by atoms with E-state index in [4.69, 9.17) is 11.7 Å². The molecule has 182 valence electrons. The zero-order chi connectivity index (χ0) is 25.7. The van der Waals surface area contributed by atoms with E-state index >= 15 is 0 Å². The van der Waals surface area contributed by atoms with Gasteiger partial charge in [-0.25, -0.2) is 10.8 Å². The molecular weight excluding hydrogens is 428 g/mol. The maximum Gasteiger partial charge on any atom is 0.275 e. The first kappa shape index (κ1) is 28.2. The van der Waals surface area contributed by atoms with Crippen molar-refractivity contribution in [3.63, 3.8) is 0 Å². The lowest BCUT2D eigenvalue weighted by Crippen LogP contribution is -2.44. The van der Waals surface area contributed by atoms with E-state index in [9.17, 15) is 4.79 Å². The van der Waals surface area contributed by atoms with E-state index in [0.717, 1.165) is 16.8 Å². The Kier molecular flexibility index (Phi) is 11.9. The summed E-state index contributed by atoms with van der Waals surface area (Å²) < 4.78 is 0. The fraction of sp³-hybridized carbons (Fsp3) is 0.320. The monoisotopic (exact) mass is 464 g/mol. The predicted octanol–water partition coefficient (Wildman–Crippen LogP) is 4.36. The Bertz CT molecular complexity index is 1070. The minimum Gasteiger partial charge on any atom is -0.321 e. The minimum atomic E-state index is -0.392. The van der Waals surface area contributed by atoms with Crippen LogP contribution in [-0.4, -0.2) is 37.7 Å². The number of amidine groups is 1. The number of carbonyl (C=O) groups is 1. The van der Waals surface area contributed by atoms with Gasteiger partial charge in [0, 0.05) is 24.0 Å². The van der Waals surface area contributed by atoms with E-state index in [1.54, 1.807) is 36.7 Å². The third-order valence-corrected chi connectivity index (χ3v) is 4.42. The molecule has 0 saturated heterocycles. The number of aromatic nitrogens is 3. The highest BCUT2D eigenvalue weighted by Crippen LogP contribution is 2.21. The van der Waals surface area contributed by atoms with Crippen LogP contribution in [0.2, 0.25) is 0 Å². The number of hydrogen-bond donors (Lipinski definition) is 3. The summed E-state index contributed by atoms with van der Waals surface area (Å²) in [6.07, 6.45) is 3.36. The van der Waals surface area contributed by atoms with Crippen molar-refractivity contribution >= 4 is 17.6 Å². The normalized spacial score (nSPS) is 10.4. The summed E-state index contributed by atoms with van der Waals surface area (Å²) in [5.74, 6) is 11.8. The number of nitrogens with one attached hydrogen (secondary N) is 1. The number of aryl methyl sites for hydroxylation is 1. The predicted molar refractivity (Wildman–Crippen MR) is 139 cm³/mol. The van der Waals surface area contributed by atoms with E-state index in [2.05, 4.69) is 25.4 Å². The topological polar surface area (TPSA) is 135 Å². The highest BCUT2D eigenvalue weighted by Gasteiger charge is 2.17. The van der Waals surface area contributed by atoms with Crippen LogP contribution >= 0.6 is 0 Å². The van der Waals surface area contributed by atoms with Crippen LogP contribution in [0.5, 0.6) is 0 Å². The SMILES string of the molecule is CC.CC.Cc1cnc(C(=O)Nc2cccc(/C(=N/N)N(N)C(C)C)n2)cc1-c1ccccn1. The number of hydrogen-bond acceptors (Lipinski definition) is 7. The molecule has 9 heteroatoms. The van der Waals surface area contributed by atoms with Gasteiger partial charge in [-0.3, -0.25) is 19.8 Å². The number of anilines is 1. The van der Waals surface area contributed by atoms with E-state index in [-0.39, 0.29) is 11.7 Å². The zero-order valence-corrected chi connectivity index (χ0v) is 21.1. The largest absolute Gasteiger partial charge is 0.321 e. The average molecular weight is 465 g/mol. The summed E-state index contributed by atoms with van der Waals surface area (Å²) in [7, 11) is 0. The number of pyridine rings is 3. The quantitative estimate of drug-likeness (QED) is 0.221. The third kappa shape index (κ3) is 7.35. The number of carbonyl (C=O) groups excluding carboxylic acids is 1. The molecule has 3 aromatic rings. The molecular formula is C25H36N8O. The number of nitrogens with two attached hydrogens (primary N) is 2. The summed E-state index contributed by atoms with van der Waals surface area (Å²) in [4.78, 5) is 25.8. The van der Waals surface area contributed by atoms with E-state index in [1.165, 1.54) is 5.01 Å². The van der Waals surface area contributed by atoms with Gasteiger partial charge in [-0.15, -0.1) is 0 Å². The van der Waals surface area contributed by atoms with Crippen LogP contribution in [0.4, 0.5) is 5.82 Å². The number of amides is 1. The fourth-order valence-electron chi connectivity index (χ4n) is 2.76. The summed E-state index contributed by atoms with van der Waals surface area (Å²) in [6, 6.07) is 12.4. The maximum absolute atomic E-state index is 12.8. The highest BCUT2D eigenvalue weighted by molar-refractivity contribution is 6.03. The Hall–Kier alpha value is -3.85. The standard InChI is InChI=1S/C21H24N8O.2C2H6/c1-13(2)29(23)20(28-22)17-8-6-9-19(26-17)27-21(30)18-11-15(14(3)12-25-18)16-7-4-5-10-24-16;2*1-2/h4-13H,22-23H2,1-3H3,(H,26,27,30);2*1-2H3/b28-20-;;. The Morgan fingerprint density at radius 2 is 1.74 bits per heavy atom. The first-order valence-electron chi connectivity index (χ1n) is 11.4. The lowest BCUT2D eigenvalue weighted by molar-refractivity contribution is 0.102. The summed E-state index contributed by atoms with van der Waals surface area (Å²) >= 11 is 0. The maximum atomic E-state index is 12.8. The van der Waals surface area contributed by atoms with Gasteiger partial charge >= 0.3 is 0 Å². The van der Waals surface area contributed by atoms with Crippen LogP contribution in [0, 0.1) is 6.92 Å². The molecule has 0 atom stereocenters. The first-order valence-corrected chi connectivity index (χ1v) is 11.4. The molecule has 1 amide bonds. The van der Waals surface area contributed by atoms with Crippen LogP contribution < -0.4 is 17.0 Å². The zero-order valence-electron chi connectivity index (χ0n) is 21.1. The fourth-order valence-corrected chi connectivity index (χ4v) is 2.76. The molecule has 0 aliphatic heterocycles. The molecule has 0 saturated carbocycles. The number of hydrazone groups is 1. The Labute approximate surface area is 202 Å². The van der Waals surface area contributed by atoms with Crippen LogP contribution in [0.1, 0.15) is 63.3 Å². The van der Waals surface area contributed by atoms with Crippen molar-refractivity contribution in [1.29, 1.82) is 0 Å². The van der Waals surface area contributed by atoms with Gasteiger partial charge in [0.1, 0.15) is 17.2 Å². The molecule has 5 N–H and O–H groups in total. The average Bonchev–Trinajstić information content (AvgIpc) is 2.88. The van der Waals surface area contributed by atoms with Gasteiger partial charge in [-0.2, -0.15) is 5.10 Å². The van der Waals surface area contributed by atoms with Gasteiger partial charge in [0.15, 0.2) is 5.84 Å². The molecule has 34 heavy (non-hydrogen) atoms. The number of nitrogens with zero attached hydrogens (tertiary/aromatic N) is 5. The van der Waals surface area contributed by atoms with E-state index in [0.29, 0.717) is 17.3 Å². The van der Waals surface area contributed by atoms with Crippen molar-refractivity contribution in [1.82, 2.24) is 20.0 Å². The molecule has 9 nitrogen and oxygen atoms in total. The second kappa shape index (κ2) is 14.3.